The first-order chi connectivity index (χ1) is 15.3. The molecule has 1 saturated heterocycles. The van der Waals surface area contributed by atoms with Gasteiger partial charge in [-0.1, -0.05) is 18.2 Å². The first-order valence-electron chi connectivity index (χ1n) is 11.8. The highest BCUT2D eigenvalue weighted by Gasteiger charge is 2.18. The molecule has 1 aliphatic carbocycles. The SMILES string of the molecule is CC(C)(C)OC(=O)NCCN(CCOC1CCCCO1)CCC(=O)OCC1=CCCC=C1. The quantitative estimate of drug-likeness (QED) is 0.453. The number of hydrogen-bond acceptors (Lipinski definition) is 7. The molecule has 8 nitrogen and oxygen atoms in total. The van der Waals surface area contributed by atoms with E-state index in [0.717, 1.165) is 44.3 Å². The van der Waals surface area contributed by atoms with Crippen LogP contribution in [-0.4, -0.2) is 74.9 Å². The number of carbonyl (C=O) groups is 2. The molecule has 0 aromatic carbocycles. The zero-order chi connectivity index (χ0) is 23.2. The van der Waals surface area contributed by atoms with Gasteiger partial charge in [0.05, 0.1) is 13.0 Å². The maximum Gasteiger partial charge on any atom is 0.407 e. The fourth-order valence-corrected chi connectivity index (χ4v) is 3.38. The summed E-state index contributed by atoms with van der Waals surface area (Å²) in [7, 11) is 0. The van der Waals surface area contributed by atoms with Crippen molar-refractivity contribution in [3.05, 3.63) is 23.8 Å². The van der Waals surface area contributed by atoms with Crippen LogP contribution in [0.5, 0.6) is 0 Å². The molecule has 32 heavy (non-hydrogen) atoms. The van der Waals surface area contributed by atoms with Gasteiger partial charge in [-0.2, -0.15) is 0 Å². The van der Waals surface area contributed by atoms with E-state index in [9.17, 15) is 9.59 Å². The van der Waals surface area contributed by atoms with Crippen LogP contribution in [0.1, 0.15) is 59.3 Å². The van der Waals surface area contributed by atoms with Crippen LogP contribution in [0, 0.1) is 0 Å². The zero-order valence-electron chi connectivity index (χ0n) is 19.9. The van der Waals surface area contributed by atoms with Crippen LogP contribution in [0.15, 0.2) is 23.8 Å². The van der Waals surface area contributed by atoms with Gasteiger partial charge in [0.15, 0.2) is 6.29 Å². The van der Waals surface area contributed by atoms with Crippen molar-refractivity contribution in [3.63, 3.8) is 0 Å². The molecule has 1 heterocycles. The minimum absolute atomic E-state index is 0.146. The molecule has 0 aromatic rings. The molecule has 1 amide bonds. The molecular formula is C24H40N2O6. The first kappa shape index (κ1) is 26.4. The van der Waals surface area contributed by atoms with Gasteiger partial charge in [-0.15, -0.1) is 0 Å². The highest BCUT2D eigenvalue weighted by Crippen LogP contribution is 2.14. The summed E-state index contributed by atoms with van der Waals surface area (Å²) in [4.78, 5) is 26.2. The van der Waals surface area contributed by atoms with Gasteiger partial charge in [-0.05, 0) is 58.4 Å². The van der Waals surface area contributed by atoms with Gasteiger partial charge in [0.2, 0.25) is 0 Å². The normalized spacial score (nSPS) is 18.9. The lowest BCUT2D eigenvalue weighted by molar-refractivity contribution is -0.164. The third-order valence-electron chi connectivity index (χ3n) is 5.05. The van der Waals surface area contributed by atoms with Crippen molar-refractivity contribution in [1.82, 2.24) is 10.2 Å². The van der Waals surface area contributed by atoms with Gasteiger partial charge >= 0.3 is 12.1 Å². The van der Waals surface area contributed by atoms with Gasteiger partial charge in [-0.3, -0.25) is 9.69 Å². The number of carbonyl (C=O) groups excluding carboxylic acids is 2. The average Bonchev–Trinajstić information content (AvgIpc) is 2.76. The van der Waals surface area contributed by atoms with Crippen LogP contribution in [0.3, 0.4) is 0 Å². The molecule has 2 rings (SSSR count). The summed E-state index contributed by atoms with van der Waals surface area (Å²) in [6.45, 7) is 9.20. The predicted molar refractivity (Wildman–Crippen MR) is 122 cm³/mol. The van der Waals surface area contributed by atoms with Crippen LogP contribution in [0.2, 0.25) is 0 Å². The fourth-order valence-electron chi connectivity index (χ4n) is 3.38. The molecule has 0 saturated carbocycles. The lowest BCUT2D eigenvalue weighted by Gasteiger charge is -2.26. The molecular weight excluding hydrogens is 412 g/mol. The Balaban J connectivity index is 1.72. The number of rotatable bonds is 12. The van der Waals surface area contributed by atoms with E-state index in [1.165, 1.54) is 0 Å². The van der Waals surface area contributed by atoms with Crippen LogP contribution >= 0.6 is 0 Å². The third-order valence-corrected chi connectivity index (χ3v) is 5.05. The van der Waals surface area contributed by atoms with Crippen molar-refractivity contribution in [2.24, 2.45) is 0 Å². The van der Waals surface area contributed by atoms with E-state index in [-0.39, 0.29) is 18.7 Å². The molecule has 182 valence electrons. The molecule has 0 radical (unpaired) electrons. The van der Waals surface area contributed by atoms with Crippen molar-refractivity contribution >= 4 is 12.1 Å². The maximum absolute atomic E-state index is 12.2. The number of hydrogen-bond donors (Lipinski definition) is 1. The van der Waals surface area contributed by atoms with E-state index >= 15 is 0 Å². The van der Waals surface area contributed by atoms with Crippen LogP contribution in [0.4, 0.5) is 4.79 Å². The van der Waals surface area contributed by atoms with Crippen molar-refractivity contribution in [3.8, 4) is 0 Å². The largest absolute Gasteiger partial charge is 0.461 e. The predicted octanol–water partition coefficient (Wildman–Crippen LogP) is 3.57. The average molecular weight is 453 g/mol. The Kier molecular flexibility index (Phi) is 11.8. The summed E-state index contributed by atoms with van der Waals surface area (Å²) in [5, 5.41) is 2.77. The van der Waals surface area contributed by atoms with E-state index < -0.39 is 11.7 Å². The van der Waals surface area contributed by atoms with Crippen LogP contribution < -0.4 is 5.32 Å². The number of alkyl carbamates (subject to hydrolysis) is 1. The van der Waals surface area contributed by atoms with Crippen molar-refractivity contribution in [2.45, 2.75) is 71.2 Å². The molecule has 0 aromatic heterocycles. The smallest absolute Gasteiger partial charge is 0.407 e. The Morgan fingerprint density at radius 1 is 1.19 bits per heavy atom. The maximum atomic E-state index is 12.2. The van der Waals surface area contributed by atoms with Crippen molar-refractivity contribution in [1.29, 1.82) is 0 Å². The molecule has 2 aliphatic rings. The summed E-state index contributed by atoms with van der Waals surface area (Å²) in [5.41, 5.74) is 0.508. The highest BCUT2D eigenvalue weighted by molar-refractivity contribution is 5.70. The lowest BCUT2D eigenvalue weighted by atomic mass is 10.1. The minimum Gasteiger partial charge on any atom is -0.461 e. The molecule has 1 fully saturated rings. The van der Waals surface area contributed by atoms with Gasteiger partial charge in [-0.25, -0.2) is 4.79 Å². The second-order valence-electron chi connectivity index (χ2n) is 9.11. The molecule has 1 atom stereocenters. The number of nitrogens with zero attached hydrogens (tertiary/aromatic N) is 1. The third kappa shape index (κ3) is 12.2. The summed E-state index contributed by atoms with van der Waals surface area (Å²) >= 11 is 0. The van der Waals surface area contributed by atoms with E-state index in [1.54, 1.807) is 0 Å². The van der Waals surface area contributed by atoms with E-state index in [2.05, 4.69) is 22.4 Å². The van der Waals surface area contributed by atoms with Gasteiger partial charge in [0.25, 0.3) is 0 Å². The van der Waals surface area contributed by atoms with Crippen molar-refractivity contribution < 1.29 is 28.5 Å². The highest BCUT2D eigenvalue weighted by atomic mass is 16.7. The molecule has 1 aliphatic heterocycles. The zero-order valence-corrected chi connectivity index (χ0v) is 19.9. The van der Waals surface area contributed by atoms with Crippen LogP contribution in [-0.2, 0) is 23.7 Å². The lowest BCUT2D eigenvalue weighted by Crippen LogP contribution is -2.40. The van der Waals surface area contributed by atoms with Gasteiger partial charge in [0, 0.05) is 32.8 Å². The Labute approximate surface area is 192 Å². The monoisotopic (exact) mass is 452 g/mol. The summed E-state index contributed by atoms with van der Waals surface area (Å²) < 4.78 is 22.1. The summed E-state index contributed by atoms with van der Waals surface area (Å²) in [6, 6.07) is 0. The number of nitrogens with one attached hydrogen (secondary N) is 1. The Morgan fingerprint density at radius 2 is 2.03 bits per heavy atom. The van der Waals surface area contributed by atoms with E-state index in [0.29, 0.717) is 39.4 Å². The standard InChI is InChI=1S/C24H40N2O6/c1-24(2,3)32-23(28)25-13-15-26(16-18-30-22-11-7-8-17-29-22)14-12-21(27)31-19-20-9-5-4-6-10-20/h5,9-10,22H,4,6-8,11-19H2,1-3H3,(H,25,28). The molecule has 8 heteroatoms. The number of allylic oxidation sites excluding steroid dienone is 2. The van der Waals surface area contributed by atoms with E-state index in [1.807, 2.05) is 26.8 Å². The number of esters is 1. The Hall–Kier alpha value is -1.90. The molecule has 1 N–H and O–H groups in total. The Bertz CT molecular complexity index is 635. The second-order valence-corrected chi connectivity index (χ2v) is 9.11. The first-order valence-corrected chi connectivity index (χ1v) is 11.8. The summed E-state index contributed by atoms with van der Waals surface area (Å²) in [5.74, 6) is -0.230. The topological polar surface area (TPSA) is 86.3 Å². The Morgan fingerprint density at radius 3 is 2.72 bits per heavy atom. The molecule has 1 unspecified atom stereocenters. The molecule has 0 spiro atoms. The van der Waals surface area contributed by atoms with Crippen molar-refractivity contribution in [2.75, 3.05) is 46.0 Å². The number of ether oxygens (including phenoxy) is 4. The van der Waals surface area contributed by atoms with Gasteiger partial charge < -0.3 is 24.3 Å². The summed E-state index contributed by atoms with van der Waals surface area (Å²) in [6.07, 6.45) is 11.0. The van der Waals surface area contributed by atoms with Gasteiger partial charge in [0.1, 0.15) is 12.2 Å². The second kappa shape index (κ2) is 14.3. The van der Waals surface area contributed by atoms with Crippen LogP contribution in [0.25, 0.3) is 0 Å². The van der Waals surface area contributed by atoms with E-state index in [4.69, 9.17) is 18.9 Å². The molecule has 0 bridgehead atoms. The minimum atomic E-state index is -0.537. The number of amides is 1. The fraction of sp³-hybridized carbons (Fsp3) is 0.750.